The summed E-state index contributed by atoms with van der Waals surface area (Å²) in [5.41, 5.74) is 1.88. The van der Waals surface area contributed by atoms with Gasteiger partial charge in [0.05, 0.1) is 11.3 Å². The van der Waals surface area contributed by atoms with Crippen molar-refractivity contribution in [2.45, 2.75) is 12.0 Å². The molecule has 1 aromatic carbocycles. The second-order valence-corrected chi connectivity index (χ2v) is 7.25. The lowest BCUT2D eigenvalue weighted by Crippen LogP contribution is -2.52. The molecule has 2 fully saturated rings. The van der Waals surface area contributed by atoms with Gasteiger partial charge in [0.1, 0.15) is 5.69 Å². The topological polar surface area (TPSA) is 84.5 Å². The fourth-order valence-corrected chi connectivity index (χ4v) is 3.87. The highest BCUT2D eigenvalue weighted by Gasteiger charge is 2.34. The Bertz CT molecular complexity index is 793. The molecule has 2 aromatic rings. The van der Waals surface area contributed by atoms with Crippen LogP contribution in [0.2, 0.25) is 0 Å². The summed E-state index contributed by atoms with van der Waals surface area (Å²) in [6.07, 6.45) is 0.809. The average Bonchev–Trinajstić information content (AvgIpc) is 3.09. The van der Waals surface area contributed by atoms with Crippen molar-refractivity contribution in [1.82, 2.24) is 20.4 Å². The van der Waals surface area contributed by atoms with E-state index in [1.165, 1.54) is 0 Å². The van der Waals surface area contributed by atoms with Crippen LogP contribution in [-0.4, -0.2) is 71.6 Å². The Labute approximate surface area is 152 Å². The molecule has 7 nitrogen and oxygen atoms in total. The van der Waals surface area contributed by atoms with Crippen molar-refractivity contribution in [2.75, 3.05) is 50.7 Å². The third-order valence-corrected chi connectivity index (χ3v) is 5.29. The molecule has 0 radical (unpaired) electrons. The third kappa shape index (κ3) is 3.65. The summed E-state index contributed by atoms with van der Waals surface area (Å²) in [4.78, 5) is 16.4. The van der Waals surface area contributed by atoms with Gasteiger partial charge in [-0.1, -0.05) is 30.3 Å². The Morgan fingerprint density at radius 1 is 1.15 bits per heavy atom. The van der Waals surface area contributed by atoms with Gasteiger partial charge in [-0.05, 0) is 13.0 Å². The normalized spacial score (nSPS) is 24.1. The van der Waals surface area contributed by atoms with Gasteiger partial charge in [0.25, 0.3) is 5.56 Å². The molecule has 0 unspecified atom stereocenters. The fraction of sp³-hybridized carbons (Fsp3) is 0.474. The Morgan fingerprint density at radius 3 is 2.62 bits per heavy atom. The van der Waals surface area contributed by atoms with Gasteiger partial charge in [-0.3, -0.25) is 9.69 Å². The summed E-state index contributed by atoms with van der Waals surface area (Å²) in [6, 6.07) is 11.6. The number of aromatic nitrogens is 2. The molecule has 26 heavy (non-hydrogen) atoms. The van der Waals surface area contributed by atoms with Crippen molar-refractivity contribution in [3.8, 4) is 11.3 Å². The predicted octanol–water partition coefficient (Wildman–Crippen LogP) is 0.283. The van der Waals surface area contributed by atoms with E-state index in [0.29, 0.717) is 13.1 Å². The van der Waals surface area contributed by atoms with E-state index in [1.54, 1.807) is 6.07 Å². The minimum atomic E-state index is -0.608. The zero-order valence-electron chi connectivity index (χ0n) is 14.8. The van der Waals surface area contributed by atoms with Crippen LogP contribution in [0, 0.1) is 0 Å². The summed E-state index contributed by atoms with van der Waals surface area (Å²) < 4.78 is 0. The van der Waals surface area contributed by atoms with Crippen LogP contribution in [0.15, 0.2) is 41.2 Å². The zero-order valence-corrected chi connectivity index (χ0v) is 14.8. The molecule has 2 aliphatic heterocycles. The molecule has 0 spiro atoms. The van der Waals surface area contributed by atoms with Crippen LogP contribution in [0.1, 0.15) is 6.42 Å². The number of benzene rings is 1. The average molecular weight is 355 g/mol. The number of aliphatic hydroxyl groups is 1. The van der Waals surface area contributed by atoms with Gasteiger partial charge in [-0.25, -0.2) is 5.10 Å². The van der Waals surface area contributed by atoms with Crippen LogP contribution in [-0.2, 0) is 0 Å². The van der Waals surface area contributed by atoms with Crippen molar-refractivity contribution >= 4 is 5.69 Å². The van der Waals surface area contributed by atoms with Crippen LogP contribution >= 0.6 is 0 Å². The summed E-state index contributed by atoms with van der Waals surface area (Å²) in [5, 5.41) is 20.7. The molecule has 3 N–H and O–H groups in total. The third-order valence-electron chi connectivity index (χ3n) is 5.29. The Balaban J connectivity index is 1.49. The van der Waals surface area contributed by atoms with Gasteiger partial charge in [0, 0.05) is 50.9 Å². The summed E-state index contributed by atoms with van der Waals surface area (Å²) in [5.74, 6) is 0. The molecule has 4 rings (SSSR count). The molecule has 3 heterocycles. The van der Waals surface area contributed by atoms with Crippen molar-refractivity contribution in [3.05, 3.63) is 46.8 Å². The van der Waals surface area contributed by atoms with E-state index < -0.39 is 5.60 Å². The molecule has 0 saturated carbocycles. The summed E-state index contributed by atoms with van der Waals surface area (Å²) in [6.45, 7) is 5.61. The minimum absolute atomic E-state index is 0.187. The summed E-state index contributed by atoms with van der Waals surface area (Å²) >= 11 is 0. The van der Waals surface area contributed by atoms with E-state index in [1.807, 2.05) is 30.3 Å². The van der Waals surface area contributed by atoms with Gasteiger partial charge >= 0.3 is 0 Å². The van der Waals surface area contributed by atoms with Crippen LogP contribution in [0.4, 0.5) is 5.69 Å². The number of H-pyrrole nitrogens is 1. The molecule has 0 aliphatic carbocycles. The van der Waals surface area contributed by atoms with E-state index in [9.17, 15) is 9.90 Å². The van der Waals surface area contributed by atoms with Crippen molar-refractivity contribution in [1.29, 1.82) is 0 Å². The highest BCUT2D eigenvalue weighted by Crippen LogP contribution is 2.28. The van der Waals surface area contributed by atoms with E-state index in [-0.39, 0.29) is 5.56 Å². The number of anilines is 1. The second-order valence-electron chi connectivity index (χ2n) is 7.25. The van der Waals surface area contributed by atoms with Crippen molar-refractivity contribution in [3.63, 3.8) is 0 Å². The predicted molar refractivity (Wildman–Crippen MR) is 101 cm³/mol. The zero-order chi connectivity index (χ0) is 18.0. The number of nitrogens with zero attached hydrogens (tertiary/aromatic N) is 3. The van der Waals surface area contributed by atoms with E-state index in [2.05, 4.69) is 25.3 Å². The minimum Gasteiger partial charge on any atom is -0.387 e. The first-order chi connectivity index (χ1) is 12.6. The SMILES string of the molecule is O=c1cc(N2CCN(C[C@@]3(O)CCNC3)CC2)c(-c2ccccc2)n[nH]1. The number of hydrogen-bond acceptors (Lipinski definition) is 6. The lowest BCUT2D eigenvalue weighted by Gasteiger charge is -2.39. The number of hydrogen-bond donors (Lipinski definition) is 3. The van der Waals surface area contributed by atoms with Gasteiger partial charge in [0.15, 0.2) is 0 Å². The van der Waals surface area contributed by atoms with Gasteiger partial charge < -0.3 is 15.3 Å². The highest BCUT2D eigenvalue weighted by molar-refractivity contribution is 5.74. The van der Waals surface area contributed by atoms with E-state index in [4.69, 9.17) is 0 Å². The standard InChI is InChI=1S/C19H25N5O2/c25-17-12-16(18(22-21-17)15-4-2-1-3-5-15)24-10-8-23(9-11-24)14-19(26)6-7-20-13-19/h1-5,12,20,26H,6-11,13-14H2,(H,21,25)/t19-/m1/s1. The van der Waals surface area contributed by atoms with Crippen LogP contribution in [0.25, 0.3) is 11.3 Å². The Hall–Kier alpha value is -2.22. The molecule has 1 atom stereocenters. The number of rotatable bonds is 4. The molecule has 1 aromatic heterocycles. The molecule has 138 valence electrons. The molecule has 7 heteroatoms. The van der Waals surface area contributed by atoms with Crippen molar-refractivity contribution in [2.24, 2.45) is 0 Å². The number of β-amino-alcohol motifs (C(OH)–C–C–N with tert-alkyl or cyclic N) is 1. The smallest absolute Gasteiger partial charge is 0.266 e. The maximum Gasteiger partial charge on any atom is 0.266 e. The molecule has 2 aliphatic rings. The largest absolute Gasteiger partial charge is 0.387 e. The first kappa shape index (κ1) is 17.2. The number of piperazine rings is 1. The van der Waals surface area contributed by atoms with E-state index in [0.717, 1.165) is 56.1 Å². The first-order valence-electron chi connectivity index (χ1n) is 9.19. The fourth-order valence-electron chi connectivity index (χ4n) is 3.87. The lowest BCUT2D eigenvalue weighted by atomic mass is 10.0. The summed E-state index contributed by atoms with van der Waals surface area (Å²) in [7, 11) is 0. The van der Waals surface area contributed by atoms with Gasteiger partial charge in [0.2, 0.25) is 0 Å². The maximum atomic E-state index is 11.9. The molecular weight excluding hydrogens is 330 g/mol. The quantitative estimate of drug-likeness (QED) is 0.731. The number of nitrogens with one attached hydrogen (secondary N) is 2. The molecule has 0 bridgehead atoms. The molecule has 2 saturated heterocycles. The van der Waals surface area contributed by atoms with Gasteiger partial charge in [-0.15, -0.1) is 0 Å². The maximum absolute atomic E-state index is 11.9. The second kappa shape index (κ2) is 7.19. The molecule has 0 amide bonds. The van der Waals surface area contributed by atoms with E-state index >= 15 is 0 Å². The monoisotopic (exact) mass is 355 g/mol. The van der Waals surface area contributed by atoms with Crippen LogP contribution in [0.3, 0.4) is 0 Å². The van der Waals surface area contributed by atoms with Crippen LogP contribution in [0.5, 0.6) is 0 Å². The van der Waals surface area contributed by atoms with Gasteiger partial charge in [-0.2, -0.15) is 5.10 Å². The van der Waals surface area contributed by atoms with Crippen molar-refractivity contribution < 1.29 is 5.11 Å². The Morgan fingerprint density at radius 2 is 1.92 bits per heavy atom. The molecular formula is C19H25N5O2. The van der Waals surface area contributed by atoms with Crippen LogP contribution < -0.4 is 15.8 Å². The highest BCUT2D eigenvalue weighted by atomic mass is 16.3. The number of aromatic amines is 1. The first-order valence-corrected chi connectivity index (χ1v) is 9.19. The Kier molecular flexibility index (Phi) is 4.76. The lowest BCUT2D eigenvalue weighted by molar-refractivity contribution is 0.0193.